The van der Waals surface area contributed by atoms with Crippen LogP contribution in [0.25, 0.3) is 0 Å². The molecule has 0 aromatic heterocycles. The van der Waals surface area contributed by atoms with Gasteiger partial charge in [-0.05, 0) is 42.6 Å². The van der Waals surface area contributed by atoms with Crippen molar-refractivity contribution in [1.29, 1.82) is 0 Å². The standard InChI is InChI=1S/C14H20N2O/c1-10(2)8-15-9-14(17)12-3-4-13-11(7-12)5-6-16-13/h3-4,7,10,15-16H,5-6,8-9H2,1-2H3. The predicted octanol–water partition coefficient (Wildman–Crippen LogP) is 2.08. The number of carbonyl (C=O) groups is 1. The Morgan fingerprint density at radius 3 is 3.06 bits per heavy atom. The van der Waals surface area contributed by atoms with Gasteiger partial charge in [-0.1, -0.05) is 13.8 Å². The van der Waals surface area contributed by atoms with Gasteiger partial charge in [0.05, 0.1) is 6.54 Å². The van der Waals surface area contributed by atoms with Gasteiger partial charge in [-0.2, -0.15) is 0 Å². The van der Waals surface area contributed by atoms with E-state index in [1.165, 1.54) is 11.3 Å². The number of carbonyl (C=O) groups excluding carboxylic acids is 1. The quantitative estimate of drug-likeness (QED) is 0.764. The van der Waals surface area contributed by atoms with Gasteiger partial charge in [0.1, 0.15) is 0 Å². The van der Waals surface area contributed by atoms with Gasteiger partial charge in [0.15, 0.2) is 5.78 Å². The molecule has 0 radical (unpaired) electrons. The van der Waals surface area contributed by atoms with Gasteiger partial charge in [0.2, 0.25) is 0 Å². The van der Waals surface area contributed by atoms with E-state index in [1.807, 2.05) is 18.2 Å². The van der Waals surface area contributed by atoms with E-state index in [2.05, 4.69) is 24.5 Å². The number of anilines is 1. The third kappa shape index (κ3) is 3.07. The van der Waals surface area contributed by atoms with Crippen LogP contribution in [0.2, 0.25) is 0 Å². The highest BCUT2D eigenvalue weighted by Gasteiger charge is 2.13. The molecule has 1 aliphatic rings. The zero-order valence-electron chi connectivity index (χ0n) is 10.5. The summed E-state index contributed by atoms with van der Waals surface area (Å²) < 4.78 is 0. The lowest BCUT2D eigenvalue weighted by Crippen LogP contribution is -2.26. The lowest BCUT2D eigenvalue weighted by atomic mass is 10.1. The molecule has 0 fully saturated rings. The molecule has 0 spiro atoms. The van der Waals surface area contributed by atoms with E-state index in [0.29, 0.717) is 12.5 Å². The molecule has 1 aromatic carbocycles. The van der Waals surface area contributed by atoms with Gasteiger partial charge < -0.3 is 10.6 Å². The monoisotopic (exact) mass is 232 g/mol. The van der Waals surface area contributed by atoms with Crippen molar-refractivity contribution in [2.24, 2.45) is 5.92 Å². The molecule has 0 unspecified atom stereocenters. The lowest BCUT2D eigenvalue weighted by molar-refractivity contribution is 0.0990. The van der Waals surface area contributed by atoms with E-state index in [9.17, 15) is 4.79 Å². The Morgan fingerprint density at radius 1 is 1.47 bits per heavy atom. The van der Waals surface area contributed by atoms with E-state index in [1.54, 1.807) is 0 Å². The van der Waals surface area contributed by atoms with Gasteiger partial charge in [-0.15, -0.1) is 0 Å². The molecule has 0 saturated heterocycles. The first-order valence-electron chi connectivity index (χ1n) is 6.27. The number of fused-ring (bicyclic) bond motifs is 1. The van der Waals surface area contributed by atoms with E-state index < -0.39 is 0 Å². The van der Waals surface area contributed by atoms with E-state index in [-0.39, 0.29) is 5.78 Å². The van der Waals surface area contributed by atoms with Crippen LogP contribution in [-0.4, -0.2) is 25.4 Å². The molecule has 0 saturated carbocycles. The molecule has 1 aromatic rings. The van der Waals surface area contributed by atoms with Crippen LogP contribution in [0.5, 0.6) is 0 Å². The van der Waals surface area contributed by atoms with Crippen molar-refractivity contribution in [3.8, 4) is 0 Å². The molecule has 2 N–H and O–H groups in total. The van der Waals surface area contributed by atoms with Crippen LogP contribution in [0, 0.1) is 5.92 Å². The average Bonchev–Trinajstić information content (AvgIpc) is 2.75. The van der Waals surface area contributed by atoms with E-state index in [4.69, 9.17) is 0 Å². The first-order valence-corrected chi connectivity index (χ1v) is 6.27. The average molecular weight is 232 g/mol. The number of Topliss-reactive ketones (excluding diaryl/α,β-unsaturated/α-hetero) is 1. The smallest absolute Gasteiger partial charge is 0.176 e. The lowest BCUT2D eigenvalue weighted by Gasteiger charge is -2.07. The largest absolute Gasteiger partial charge is 0.384 e. The van der Waals surface area contributed by atoms with E-state index >= 15 is 0 Å². The Morgan fingerprint density at radius 2 is 2.29 bits per heavy atom. The summed E-state index contributed by atoms with van der Waals surface area (Å²) in [6.45, 7) is 6.58. The fraction of sp³-hybridized carbons (Fsp3) is 0.500. The SMILES string of the molecule is CC(C)CNCC(=O)c1ccc2c(c1)CCN2. The normalized spacial score (nSPS) is 13.6. The highest BCUT2D eigenvalue weighted by Crippen LogP contribution is 2.22. The zero-order chi connectivity index (χ0) is 12.3. The first-order chi connectivity index (χ1) is 8.16. The maximum atomic E-state index is 11.9. The Balaban J connectivity index is 1.95. The fourth-order valence-electron chi connectivity index (χ4n) is 2.05. The summed E-state index contributed by atoms with van der Waals surface area (Å²) in [5.41, 5.74) is 3.26. The van der Waals surface area contributed by atoms with Crippen molar-refractivity contribution in [1.82, 2.24) is 5.32 Å². The molecule has 92 valence electrons. The zero-order valence-corrected chi connectivity index (χ0v) is 10.5. The Kier molecular flexibility index (Phi) is 3.79. The van der Waals surface area contributed by atoms with Crippen LogP contribution in [0.1, 0.15) is 29.8 Å². The molecule has 3 heteroatoms. The second kappa shape index (κ2) is 5.32. The summed E-state index contributed by atoms with van der Waals surface area (Å²) in [4.78, 5) is 11.9. The van der Waals surface area contributed by atoms with Gasteiger partial charge in [-0.3, -0.25) is 4.79 Å². The third-order valence-corrected chi connectivity index (χ3v) is 2.98. The molecule has 1 aliphatic heterocycles. The number of nitrogens with one attached hydrogen (secondary N) is 2. The van der Waals surface area contributed by atoms with Gasteiger partial charge in [0.25, 0.3) is 0 Å². The molecule has 17 heavy (non-hydrogen) atoms. The second-order valence-electron chi connectivity index (χ2n) is 5.00. The molecule has 2 rings (SSSR count). The van der Waals surface area contributed by atoms with Crippen molar-refractivity contribution in [2.45, 2.75) is 20.3 Å². The van der Waals surface area contributed by atoms with Crippen LogP contribution in [0.15, 0.2) is 18.2 Å². The Labute approximate surface area is 103 Å². The van der Waals surface area contributed by atoms with Gasteiger partial charge in [0, 0.05) is 17.8 Å². The van der Waals surface area contributed by atoms with Gasteiger partial charge >= 0.3 is 0 Å². The van der Waals surface area contributed by atoms with Crippen molar-refractivity contribution in [3.05, 3.63) is 29.3 Å². The molecular weight excluding hydrogens is 212 g/mol. The summed E-state index contributed by atoms with van der Waals surface area (Å²) in [5, 5.41) is 6.48. The first kappa shape index (κ1) is 12.1. The minimum atomic E-state index is 0.181. The molecular formula is C14H20N2O. The Hall–Kier alpha value is -1.35. The van der Waals surface area contributed by atoms with Crippen LogP contribution >= 0.6 is 0 Å². The number of benzene rings is 1. The third-order valence-electron chi connectivity index (χ3n) is 2.98. The minimum absolute atomic E-state index is 0.181. The topological polar surface area (TPSA) is 41.1 Å². The molecule has 0 atom stereocenters. The van der Waals surface area contributed by atoms with Crippen molar-refractivity contribution < 1.29 is 4.79 Å². The van der Waals surface area contributed by atoms with Crippen LogP contribution < -0.4 is 10.6 Å². The van der Waals surface area contributed by atoms with Crippen molar-refractivity contribution in [3.63, 3.8) is 0 Å². The van der Waals surface area contributed by atoms with E-state index in [0.717, 1.165) is 25.1 Å². The number of rotatable bonds is 5. The van der Waals surface area contributed by atoms with Crippen molar-refractivity contribution >= 4 is 11.5 Å². The van der Waals surface area contributed by atoms with Crippen LogP contribution in [-0.2, 0) is 6.42 Å². The number of hydrogen-bond acceptors (Lipinski definition) is 3. The number of ketones is 1. The second-order valence-corrected chi connectivity index (χ2v) is 5.00. The fourth-order valence-corrected chi connectivity index (χ4v) is 2.05. The minimum Gasteiger partial charge on any atom is -0.384 e. The predicted molar refractivity (Wildman–Crippen MR) is 70.7 cm³/mol. The molecule has 1 heterocycles. The summed E-state index contributed by atoms with van der Waals surface area (Å²) in [7, 11) is 0. The summed E-state index contributed by atoms with van der Waals surface area (Å²) >= 11 is 0. The Bertz CT molecular complexity index is 413. The van der Waals surface area contributed by atoms with Crippen LogP contribution in [0.3, 0.4) is 0 Å². The highest BCUT2D eigenvalue weighted by molar-refractivity contribution is 5.98. The molecule has 0 aliphatic carbocycles. The molecule has 0 amide bonds. The number of hydrogen-bond donors (Lipinski definition) is 2. The summed E-state index contributed by atoms with van der Waals surface area (Å²) in [6.07, 6.45) is 1.02. The highest BCUT2D eigenvalue weighted by atomic mass is 16.1. The maximum absolute atomic E-state index is 11.9. The summed E-state index contributed by atoms with van der Waals surface area (Å²) in [5.74, 6) is 0.757. The van der Waals surface area contributed by atoms with Crippen molar-refractivity contribution in [2.75, 3.05) is 25.0 Å². The summed E-state index contributed by atoms with van der Waals surface area (Å²) in [6, 6.07) is 5.95. The molecule has 3 nitrogen and oxygen atoms in total. The van der Waals surface area contributed by atoms with Gasteiger partial charge in [-0.25, -0.2) is 0 Å². The maximum Gasteiger partial charge on any atom is 0.176 e. The van der Waals surface area contributed by atoms with Crippen LogP contribution in [0.4, 0.5) is 5.69 Å². The molecule has 0 bridgehead atoms.